The summed E-state index contributed by atoms with van der Waals surface area (Å²) in [6.45, 7) is 4.79. The second-order valence-electron chi connectivity index (χ2n) is 4.33. The van der Waals surface area contributed by atoms with Gasteiger partial charge in [0, 0.05) is 18.2 Å². The second kappa shape index (κ2) is 3.97. The molecule has 0 bridgehead atoms. The minimum absolute atomic E-state index is 0.0840. The number of carbonyl (C=O) groups excluding carboxylic acids is 1. The summed E-state index contributed by atoms with van der Waals surface area (Å²) in [7, 11) is 0. The smallest absolute Gasteiger partial charge is 0.254 e. The van der Waals surface area contributed by atoms with Gasteiger partial charge >= 0.3 is 0 Å². The van der Waals surface area contributed by atoms with Gasteiger partial charge < -0.3 is 4.90 Å². The van der Waals surface area contributed by atoms with Crippen molar-refractivity contribution < 1.29 is 4.79 Å². The Bertz CT molecular complexity index is 471. The molecule has 0 fully saturated rings. The highest BCUT2D eigenvalue weighted by Gasteiger charge is 2.25. The van der Waals surface area contributed by atoms with E-state index < -0.39 is 0 Å². The van der Waals surface area contributed by atoms with Crippen LogP contribution >= 0.6 is 0 Å². The van der Waals surface area contributed by atoms with Gasteiger partial charge in [0.1, 0.15) is 0 Å². The minimum atomic E-state index is 0.0840. The number of fused-ring (bicyclic) bond motifs is 1. The molecule has 2 rings (SSSR count). The molecule has 1 aromatic rings. The molecule has 1 aliphatic heterocycles. The first-order valence-electron chi connectivity index (χ1n) is 5.47. The molecule has 16 heavy (non-hydrogen) atoms. The predicted molar refractivity (Wildman–Crippen MR) is 61.0 cm³/mol. The lowest BCUT2D eigenvalue weighted by molar-refractivity contribution is 0.0688. The van der Waals surface area contributed by atoms with E-state index in [0.717, 1.165) is 24.1 Å². The van der Waals surface area contributed by atoms with Gasteiger partial charge in [-0.3, -0.25) is 4.79 Å². The highest BCUT2D eigenvalue weighted by atomic mass is 16.2. The van der Waals surface area contributed by atoms with E-state index in [0.29, 0.717) is 5.56 Å². The van der Waals surface area contributed by atoms with Crippen molar-refractivity contribution in [1.82, 2.24) is 4.90 Å². The average molecular weight is 214 g/mol. The lowest BCUT2D eigenvalue weighted by Crippen LogP contribution is -2.42. The molecule has 3 heteroatoms. The van der Waals surface area contributed by atoms with Gasteiger partial charge in [0.15, 0.2) is 0 Å². The van der Waals surface area contributed by atoms with Gasteiger partial charge in [-0.15, -0.1) is 0 Å². The number of hydrogen-bond acceptors (Lipinski definition) is 2. The standard InChI is InChI=1S/C13H14N2O/c1-9(2)15-6-5-11-7-10(8-14)3-4-12(11)13(15)16/h3-4,7,9H,5-6H2,1-2H3. The molecule has 1 heterocycles. The first kappa shape index (κ1) is 10.7. The molecule has 0 aliphatic carbocycles. The summed E-state index contributed by atoms with van der Waals surface area (Å²) in [5.41, 5.74) is 2.38. The van der Waals surface area contributed by atoms with Crippen LogP contribution in [0.3, 0.4) is 0 Å². The Kier molecular flexibility index (Phi) is 2.66. The van der Waals surface area contributed by atoms with Gasteiger partial charge in [-0.2, -0.15) is 5.26 Å². The number of hydrogen-bond donors (Lipinski definition) is 0. The van der Waals surface area contributed by atoms with Crippen LogP contribution in [0.2, 0.25) is 0 Å². The maximum absolute atomic E-state index is 12.1. The Labute approximate surface area is 95.3 Å². The number of carbonyl (C=O) groups is 1. The Balaban J connectivity index is 2.40. The van der Waals surface area contributed by atoms with E-state index in [9.17, 15) is 4.79 Å². The Morgan fingerprint density at radius 3 is 2.81 bits per heavy atom. The van der Waals surface area contributed by atoms with E-state index in [-0.39, 0.29) is 11.9 Å². The van der Waals surface area contributed by atoms with Gasteiger partial charge in [-0.05, 0) is 44.0 Å². The van der Waals surface area contributed by atoms with Gasteiger partial charge in [-0.25, -0.2) is 0 Å². The van der Waals surface area contributed by atoms with Crippen LogP contribution in [-0.2, 0) is 6.42 Å². The summed E-state index contributed by atoms with van der Waals surface area (Å²) in [5.74, 6) is 0.0840. The molecule has 0 radical (unpaired) electrons. The van der Waals surface area contributed by atoms with Crippen LogP contribution in [0.4, 0.5) is 0 Å². The summed E-state index contributed by atoms with van der Waals surface area (Å²) in [4.78, 5) is 14.0. The van der Waals surface area contributed by atoms with Crippen LogP contribution in [0.5, 0.6) is 0 Å². The zero-order valence-corrected chi connectivity index (χ0v) is 9.53. The second-order valence-corrected chi connectivity index (χ2v) is 4.33. The van der Waals surface area contributed by atoms with Gasteiger partial charge in [0.05, 0.1) is 11.6 Å². The van der Waals surface area contributed by atoms with Crippen LogP contribution in [0.15, 0.2) is 18.2 Å². The third-order valence-corrected chi connectivity index (χ3v) is 2.97. The molecular formula is C13H14N2O. The molecule has 1 aliphatic rings. The van der Waals surface area contributed by atoms with E-state index >= 15 is 0 Å². The molecule has 0 atom stereocenters. The molecular weight excluding hydrogens is 200 g/mol. The average Bonchev–Trinajstić information content (AvgIpc) is 2.28. The maximum atomic E-state index is 12.1. The maximum Gasteiger partial charge on any atom is 0.254 e. The third kappa shape index (κ3) is 1.67. The summed E-state index contributed by atoms with van der Waals surface area (Å²) in [5, 5.41) is 8.80. The van der Waals surface area contributed by atoms with E-state index in [4.69, 9.17) is 5.26 Å². The van der Waals surface area contributed by atoms with Gasteiger partial charge in [0.2, 0.25) is 0 Å². The van der Waals surface area contributed by atoms with E-state index in [2.05, 4.69) is 6.07 Å². The lowest BCUT2D eigenvalue weighted by atomic mass is 9.96. The number of nitriles is 1. The number of benzene rings is 1. The normalized spacial score (nSPS) is 14.9. The molecule has 0 unspecified atom stereocenters. The van der Waals surface area contributed by atoms with E-state index in [1.807, 2.05) is 24.8 Å². The third-order valence-electron chi connectivity index (χ3n) is 2.97. The van der Waals surface area contributed by atoms with Crippen LogP contribution in [0.25, 0.3) is 0 Å². The van der Waals surface area contributed by atoms with Crippen molar-refractivity contribution in [2.45, 2.75) is 26.3 Å². The van der Waals surface area contributed by atoms with E-state index in [1.165, 1.54) is 0 Å². The quantitative estimate of drug-likeness (QED) is 0.717. The monoisotopic (exact) mass is 214 g/mol. The minimum Gasteiger partial charge on any atom is -0.336 e. The molecule has 1 amide bonds. The summed E-state index contributed by atoms with van der Waals surface area (Å²) in [6, 6.07) is 7.64. The van der Waals surface area contributed by atoms with Crippen molar-refractivity contribution >= 4 is 5.91 Å². The predicted octanol–water partition coefficient (Wildman–Crippen LogP) is 1.96. The van der Waals surface area contributed by atoms with Crippen molar-refractivity contribution in [3.63, 3.8) is 0 Å². The first-order valence-corrected chi connectivity index (χ1v) is 5.47. The summed E-state index contributed by atoms with van der Waals surface area (Å²) in [6.07, 6.45) is 0.842. The summed E-state index contributed by atoms with van der Waals surface area (Å²) >= 11 is 0. The zero-order chi connectivity index (χ0) is 11.7. The molecule has 0 spiro atoms. The molecule has 0 N–H and O–H groups in total. The van der Waals surface area contributed by atoms with Crippen LogP contribution in [-0.4, -0.2) is 23.4 Å². The van der Waals surface area contributed by atoms with Gasteiger partial charge in [-0.1, -0.05) is 0 Å². The number of rotatable bonds is 1. The Morgan fingerprint density at radius 1 is 1.44 bits per heavy atom. The fourth-order valence-corrected chi connectivity index (χ4v) is 2.07. The molecule has 3 nitrogen and oxygen atoms in total. The van der Waals surface area contributed by atoms with Crippen LogP contribution in [0.1, 0.15) is 35.3 Å². The van der Waals surface area contributed by atoms with Crippen LogP contribution in [0, 0.1) is 11.3 Å². The van der Waals surface area contributed by atoms with Crippen molar-refractivity contribution in [3.8, 4) is 6.07 Å². The van der Waals surface area contributed by atoms with Crippen molar-refractivity contribution in [1.29, 1.82) is 5.26 Å². The zero-order valence-electron chi connectivity index (χ0n) is 9.53. The molecule has 0 saturated carbocycles. The molecule has 1 aromatic carbocycles. The molecule has 0 saturated heterocycles. The van der Waals surface area contributed by atoms with Crippen molar-refractivity contribution in [3.05, 3.63) is 34.9 Å². The fraction of sp³-hybridized carbons (Fsp3) is 0.385. The van der Waals surface area contributed by atoms with Crippen molar-refractivity contribution in [2.75, 3.05) is 6.54 Å². The number of nitrogens with zero attached hydrogens (tertiary/aromatic N) is 2. The van der Waals surface area contributed by atoms with Crippen molar-refractivity contribution in [2.24, 2.45) is 0 Å². The molecule has 0 aromatic heterocycles. The Hall–Kier alpha value is -1.82. The Morgan fingerprint density at radius 2 is 2.19 bits per heavy atom. The summed E-state index contributed by atoms with van der Waals surface area (Å²) < 4.78 is 0. The van der Waals surface area contributed by atoms with Crippen LogP contribution < -0.4 is 0 Å². The highest BCUT2D eigenvalue weighted by Crippen LogP contribution is 2.21. The fourth-order valence-electron chi connectivity index (χ4n) is 2.07. The lowest BCUT2D eigenvalue weighted by Gasteiger charge is -2.31. The topological polar surface area (TPSA) is 44.1 Å². The highest BCUT2D eigenvalue weighted by molar-refractivity contribution is 5.97. The van der Waals surface area contributed by atoms with Gasteiger partial charge in [0.25, 0.3) is 5.91 Å². The first-order chi connectivity index (χ1) is 7.63. The SMILES string of the molecule is CC(C)N1CCc2cc(C#N)ccc2C1=O. The molecule has 82 valence electrons. The number of amides is 1. The largest absolute Gasteiger partial charge is 0.336 e. The van der Waals surface area contributed by atoms with E-state index in [1.54, 1.807) is 12.1 Å².